The summed E-state index contributed by atoms with van der Waals surface area (Å²) < 4.78 is 5.22. The predicted molar refractivity (Wildman–Crippen MR) is 70.0 cm³/mol. The van der Waals surface area contributed by atoms with Gasteiger partial charge < -0.3 is 9.64 Å². The van der Waals surface area contributed by atoms with Gasteiger partial charge in [-0.2, -0.15) is 0 Å². The van der Waals surface area contributed by atoms with Crippen molar-refractivity contribution in [2.75, 3.05) is 13.7 Å². The minimum atomic E-state index is 0.214. The maximum absolute atomic E-state index is 12.5. The fourth-order valence-electron chi connectivity index (χ4n) is 3.17. The molecule has 3 rings (SSSR count). The summed E-state index contributed by atoms with van der Waals surface area (Å²) in [5.74, 6) is 1.06. The van der Waals surface area contributed by atoms with E-state index in [-0.39, 0.29) is 5.91 Å². The molecule has 0 radical (unpaired) electrons. The van der Waals surface area contributed by atoms with E-state index in [9.17, 15) is 4.79 Å². The minimum Gasteiger partial charge on any atom is -0.497 e. The lowest BCUT2D eigenvalue weighted by molar-refractivity contribution is 0.0663. The van der Waals surface area contributed by atoms with E-state index >= 15 is 0 Å². The van der Waals surface area contributed by atoms with Crippen LogP contribution in [-0.2, 0) is 6.42 Å². The van der Waals surface area contributed by atoms with Crippen LogP contribution in [0, 0.1) is 0 Å². The Morgan fingerprint density at radius 1 is 1.28 bits per heavy atom. The molecule has 2 aliphatic rings. The van der Waals surface area contributed by atoms with Crippen molar-refractivity contribution >= 4 is 5.91 Å². The Morgan fingerprint density at radius 2 is 2.06 bits per heavy atom. The fourth-order valence-corrected chi connectivity index (χ4v) is 3.17. The lowest BCUT2D eigenvalue weighted by atomic mass is 9.97. The van der Waals surface area contributed by atoms with E-state index in [4.69, 9.17) is 4.74 Å². The Bertz CT molecular complexity index is 464. The molecule has 1 saturated carbocycles. The number of carbonyl (C=O) groups is 1. The van der Waals surface area contributed by atoms with Gasteiger partial charge >= 0.3 is 0 Å². The monoisotopic (exact) mass is 245 g/mol. The molecule has 1 aliphatic carbocycles. The SMILES string of the molecule is COc1ccc2c(c1)CCN(C1CCCC1)C2=O. The van der Waals surface area contributed by atoms with Gasteiger partial charge in [-0.3, -0.25) is 4.79 Å². The van der Waals surface area contributed by atoms with Crippen molar-refractivity contribution in [3.63, 3.8) is 0 Å². The molecule has 96 valence electrons. The quantitative estimate of drug-likeness (QED) is 0.801. The second kappa shape index (κ2) is 4.63. The molecular weight excluding hydrogens is 226 g/mol. The number of hydrogen-bond acceptors (Lipinski definition) is 2. The number of ether oxygens (including phenoxy) is 1. The molecule has 1 aliphatic heterocycles. The van der Waals surface area contributed by atoms with Crippen LogP contribution in [0.15, 0.2) is 18.2 Å². The number of methoxy groups -OCH3 is 1. The minimum absolute atomic E-state index is 0.214. The zero-order valence-electron chi connectivity index (χ0n) is 10.8. The first-order valence-electron chi connectivity index (χ1n) is 6.77. The van der Waals surface area contributed by atoms with Crippen molar-refractivity contribution in [1.29, 1.82) is 0 Å². The van der Waals surface area contributed by atoms with Gasteiger partial charge in [0.05, 0.1) is 7.11 Å². The highest BCUT2D eigenvalue weighted by molar-refractivity contribution is 5.97. The Hall–Kier alpha value is -1.51. The summed E-state index contributed by atoms with van der Waals surface area (Å²) in [6.07, 6.45) is 5.84. The van der Waals surface area contributed by atoms with E-state index in [0.717, 1.165) is 29.8 Å². The number of nitrogens with zero attached hydrogens (tertiary/aromatic N) is 1. The Labute approximate surface area is 108 Å². The summed E-state index contributed by atoms with van der Waals surface area (Å²) in [7, 11) is 1.66. The number of amides is 1. The van der Waals surface area contributed by atoms with Gasteiger partial charge in [0.2, 0.25) is 0 Å². The van der Waals surface area contributed by atoms with E-state index in [2.05, 4.69) is 4.90 Å². The molecule has 18 heavy (non-hydrogen) atoms. The lowest BCUT2D eigenvalue weighted by Crippen LogP contribution is -2.43. The van der Waals surface area contributed by atoms with E-state index in [1.165, 1.54) is 25.7 Å². The zero-order valence-corrected chi connectivity index (χ0v) is 10.8. The van der Waals surface area contributed by atoms with Gasteiger partial charge in [0.15, 0.2) is 0 Å². The Morgan fingerprint density at radius 3 is 2.78 bits per heavy atom. The standard InChI is InChI=1S/C15H19NO2/c1-18-13-6-7-14-11(10-13)8-9-16(15(14)17)12-4-2-3-5-12/h6-7,10,12H,2-5,8-9H2,1H3. The molecule has 1 aromatic carbocycles. The van der Waals surface area contributed by atoms with E-state index in [0.29, 0.717) is 6.04 Å². The van der Waals surface area contributed by atoms with Gasteiger partial charge in [0.1, 0.15) is 5.75 Å². The van der Waals surface area contributed by atoms with Crippen LogP contribution in [0.3, 0.4) is 0 Å². The third-order valence-corrected chi connectivity index (χ3v) is 4.19. The van der Waals surface area contributed by atoms with E-state index < -0.39 is 0 Å². The highest BCUT2D eigenvalue weighted by Crippen LogP contribution is 2.30. The summed E-state index contributed by atoms with van der Waals surface area (Å²) >= 11 is 0. The van der Waals surface area contributed by atoms with Crippen LogP contribution < -0.4 is 4.74 Å². The number of hydrogen-bond donors (Lipinski definition) is 0. The first-order chi connectivity index (χ1) is 8.79. The van der Waals surface area contributed by atoms with Crippen molar-refractivity contribution in [3.8, 4) is 5.75 Å². The number of fused-ring (bicyclic) bond motifs is 1. The number of rotatable bonds is 2. The molecule has 3 nitrogen and oxygen atoms in total. The van der Waals surface area contributed by atoms with Crippen LogP contribution >= 0.6 is 0 Å². The molecule has 3 heteroatoms. The Kier molecular flexibility index (Phi) is 2.98. The van der Waals surface area contributed by atoms with Crippen LogP contribution in [0.25, 0.3) is 0 Å². The molecule has 1 heterocycles. The molecule has 1 amide bonds. The van der Waals surface area contributed by atoms with E-state index in [1.54, 1.807) is 7.11 Å². The van der Waals surface area contributed by atoms with Crippen LogP contribution in [0.2, 0.25) is 0 Å². The summed E-state index contributed by atoms with van der Waals surface area (Å²) in [5, 5.41) is 0. The topological polar surface area (TPSA) is 29.5 Å². The maximum atomic E-state index is 12.5. The lowest BCUT2D eigenvalue weighted by Gasteiger charge is -2.33. The van der Waals surface area contributed by atoms with Crippen molar-refractivity contribution in [2.45, 2.75) is 38.1 Å². The Balaban J connectivity index is 1.87. The van der Waals surface area contributed by atoms with Crippen molar-refractivity contribution in [2.24, 2.45) is 0 Å². The van der Waals surface area contributed by atoms with Gasteiger partial charge in [-0.05, 0) is 43.0 Å². The highest BCUT2D eigenvalue weighted by atomic mass is 16.5. The summed E-state index contributed by atoms with van der Waals surface area (Å²) in [6, 6.07) is 6.28. The normalized spacial score (nSPS) is 20.1. The van der Waals surface area contributed by atoms with Gasteiger partial charge in [0, 0.05) is 18.2 Å². The largest absolute Gasteiger partial charge is 0.497 e. The molecule has 0 aromatic heterocycles. The first kappa shape index (κ1) is 11.6. The van der Waals surface area contributed by atoms with Crippen LogP contribution in [-0.4, -0.2) is 30.5 Å². The summed E-state index contributed by atoms with van der Waals surface area (Å²) in [5.41, 5.74) is 2.00. The van der Waals surface area contributed by atoms with Crippen LogP contribution in [0.1, 0.15) is 41.6 Å². The van der Waals surface area contributed by atoms with Crippen molar-refractivity contribution in [3.05, 3.63) is 29.3 Å². The molecule has 1 fully saturated rings. The summed E-state index contributed by atoms with van der Waals surface area (Å²) in [6.45, 7) is 0.865. The van der Waals surface area contributed by atoms with Crippen molar-refractivity contribution in [1.82, 2.24) is 4.90 Å². The molecular formula is C15H19NO2. The molecule has 0 spiro atoms. The molecule has 0 atom stereocenters. The smallest absolute Gasteiger partial charge is 0.254 e. The molecule has 0 saturated heterocycles. The third-order valence-electron chi connectivity index (χ3n) is 4.19. The molecule has 1 aromatic rings. The van der Waals surface area contributed by atoms with Gasteiger partial charge in [-0.1, -0.05) is 12.8 Å². The molecule has 0 N–H and O–H groups in total. The van der Waals surface area contributed by atoms with Crippen LogP contribution in [0.5, 0.6) is 5.75 Å². The fraction of sp³-hybridized carbons (Fsp3) is 0.533. The van der Waals surface area contributed by atoms with Gasteiger partial charge in [-0.15, -0.1) is 0 Å². The predicted octanol–water partition coefficient (Wildman–Crippen LogP) is 2.64. The first-order valence-corrected chi connectivity index (χ1v) is 6.77. The zero-order chi connectivity index (χ0) is 12.5. The van der Waals surface area contributed by atoms with Gasteiger partial charge in [0.25, 0.3) is 5.91 Å². The highest BCUT2D eigenvalue weighted by Gasteiger charge is 2.31. The second-order valence-corrected chi connectivity index (χ2v) is 5.21. The van der Waals surface area contributed by atoms with Crippen LogP contribution in [0.4, 0.5) is 0 Å². The average Bonchev–Trinajstić information content (AvgIpc) is 2.92. The molecule has 0 bridgehead atoms. The number of benzene rings is 1. The maximum Gasteiger partial charge on any atom is 0.254 e. The van der Waals surface area contributed by atoms with E-state index in [1.807, 2.05) is 18.2 Å². The van der Waals surface area contributed by atoms with Crippen molar-refractivity contribution < 1.29 is 9.53 Å². The third kappa shape index (κ3) is 1.88. The average molecular weight is 245 g/mol. The number of carbonyl (C=O) groups excluding carboxylic acids is 1. The second-order valence-electron chi connectivity index (χ2n) is 5.21. The summed E-state index contributed by atoms with van der Waals surface area (Å²) in [4.78, 5) is 14.6. The molecule has 0 unspecified atom stereocenters. The van der Waals surface area contributed by atoms with Gasteiger partial charge in [-0.25, -0.2) is 0 Å².